The van der Waals surface area contributed by atoms with Crippen LogP contribution < -0.4 is 26.7 Å². The van der Waals surface area contributed by atoms with Gasteiger partial charge in [0.1, 0.15) is 11.2 Å². The average molecular weight is 492 g/mol. The monoisotopic (exact) mass is 492 g/mol. The number of anilines is 1. The second-order valence-electron chi connectivity index (χ2n) is 7.77. The molecular weight excluding hydrogens is 472 g/mol. The summed E-state index contributed by atoms with van der Waals surface area (Å²) in [5, 5.41) is 16.3. The number of nitrogens with two attached hydrogens (primary N) is 1. The normalized spacial score (nSPS) is 17.9. The first-order valence-electron chi connectivity index (χ1n) is 9.90. The maximum absolute atomic E-state index is 15.0. The molecule has 1 aliphatic heterocycles. The number of alkyl halides is 3. The molecule has 1 aromatic carbocycles. The zero-order chi connectivity index (χ0) is 25.5. The summed E-state index contributed by atoms with van der Waals surface area (Å²) in [4.78, 5) is 46.8. The van der Waals surface area contributed by atoms with Gasteiger partial charge in [0, 0.05) is 19.1 Å². The molecule has 2 heterocycles. The Bertz CT molecular complexity index is 1270. The maximum atomic E-state index is 15.0. The van der Waals surface area contributed by atoms with Crippen LogP contribution in [0.4, 0.5) is 23.2 Å². The molecule has 1 atom stereocenters. The number of aliphatic carboxylic acids is 2. The zero-order valence-corrected chi connectivity index (χ0v) is 17.6. The lowest BCUT2D eigenvalue weighted by atomic mass is 10.1. The van der Waals surface area contributed by atoms with Gasteiger partial charge in [-0.2, -0.15) is 17.8 Å². The molecule has 2 aromatic rings. The highest BCUT2D eigenvalue weighted by atomic mass is 19.4. The third kappa shape index (κ3) is 4.49. The smallest absolute Gasteiger partial charge is 0.490 e. The van der Waals surface area contributed by atoms with E-state index in [2.05, 4.69) is 0 Å². The average Bonchev–Trinajstić information content (AvgIpc) is 3.46. The minimum atomic E-state index is -5.08. The number of carboxylic acid groups (broad SMARTS) is 2. The fourth-order valence-corrected chi connectivity index (χ4v) is 3.76. The highest BCUT2D eigenvalue weighted by Gasteiger charge is 2.38. The van der Waals surface area contributed by atoms with Crippen LogP contribution in [0.25, 0.3) is 10.9 Å². The number of aromatic nitrogens is 2. The van der Waals surface area contributed by atoms with Crippen LogP contribution in [0.2, 0.25) is 0 Å². The summed E-state index contributed by atoms with van der Waals surface area (Å²) >= 11 is 0. The highest BCUT2D eigenvalue weighted by molar-refractivity contribution is 5.91. The number of benzene rings is 1. The van der Waals surface area contributed by atoms with Crippen LogP contribution in [0, 0.1) is 11.7 Å². The third-order valence-electron chi connectivity index (χ3n) is 5.50. The maximum Gasteiger partial charge on any atom is 0.490 e. The van der Waals surface area contributed by atoms with E-state index in [1.807, 2.05) is 0 Å². The molecule has 1 aromatic heterocycles. The Hall–Kier alpha value is -3.78. The number of ether oxygens (including phenoxy) is 1. The Labute approximate surface area is 187 Å². The molecule has 1 unspecified atom stereocenters. The molecular formula is C19H20F4N4O7. The molecule has 15 heteroatoms. The fraction of sp³-hybridized carbons (Fsp3) is 0.474. The molecule has 186 valence electrons. The molecule has 1 saturated heterocycles. The van der Waals surface area contributed by atoms with Crippen LogP contribution >= 0.6 is 0 Å². The van der Waals surface area contributed by atoms with Gasteiger partial charge in [0.05, 0.1) is 18.4 Å². The van der Waals surface area contributed by atoms with E-state index in [0.717, 1.165) is 18.9 Å². The Morgan fingerprint density at radius 1 is 1.18 bits per heavy atom. The van der Waals surface area contributed by atoms with Crippen molar-refractivity contribution in [1.82, 2.24) is 9.24 Å². The Kier molecular flexibility index (Phi) is 6.48. The van der Waals surface area contributed by atoms with Crippen molar-refractivity contribution in [1.29, 1.82) is 0 Å². The minimum Gasteiger partial charge on any atom is -0.492 e. The van der Waals surface area contributed by atoms with Gasteiger partial charge in [-0.15, -0.1) is 0 Å². The predicted molar refractivity (Wildman–Crippen MR) is 109 cm³/mol. The van der Waals surface area contributed by atoms with E-state index in [4.69, 9.17) is 20.5 Å². The van der Waals surface area contributed by atoms with Gasteiger partial charge in [0.25, 0.3) is 5.56 Å². The number of halogens is 4. The zero-order valence-electron chi connectivity index (χ0n) is 17.6. The van der Waals surface area contributed by atoms with Crippen molar-refractivity contribution in [3.8, 4) is 5.75 Å². The quantitative estimate of drug-likeness (QED) is 0.417. The summed E-state index contributed by atoms with van der Waals surface area (Å²) in [7, 11) is 1.33. The molecule has 4 N–H and O–H groups in total. The molecule has 34 heavy (non-hydrogen) atoms. The van der Waals surface area contributed by atoms with Gasteiger partial charge in [-0.25, -0.2) is 14.0 Å². The van der Waals surface area contributed by atoms with Gasteiger partial charge in [-0.05, 0) is 25.3 Å². The summed E-state index contributed by atoms with van der Waals surface area (Å²) in [6.45, 7) is 0.451. The molecule has 2 fully saturated rings. The summed E-state index contributed by atoms with van der Waals surface area (Å²) in [5.74, 6) is 0.613. The lowest BCUT2D eigenvalue weighted by Gasteiger charge is -2.24. The first-order chi connectivity index (χ1) is 15.8. The number of nitrogens with zero attached hydrogens (tertiary/aromatic N) is 3. The van der Waals surface area contributed by atoms with Gasteiger partial charge >= 0.3 is 23.8 Å². The van der Waals surface area contributed by atoms with Gasteiger partial charge in [0.15, 0.2) is 11.6 Å². The lowest BCUT2D eigenvalue weighted by molar-refractivity contribution is -0.192. The first kappa shape index (κ1) is 24.9. The van der Waals surface area contributed by atoms with Crippen molar-refractivity contribution in [2.45, 2.75) is 31.5 Å². The number of hydrogen-bond donors (Lipinski definition) is 3. The number of nitrogen functional groups attached to an aromatic ring is 1. The summed E-state index contributed by atoms with van der Waals surface area (Å²) in [5.41, 5.74) is -1.22. The molecule has 0 amide bonds. The van der Waals surface area contributed by atoms with Gasteiger partial charge in [-0.3, -0.25) is 14.2 Å². The molecule has 1 saturated carbocycles. The van der Waals surface area contributed by atoms with Crippen LogP contribution in [-0.4, -0.2) is 57.8 Å². The van der Waals surface area contributed by atoms with E-state index >= 15 is 0 Å². The highest BCUT2D eigenvalue weighted by Crippen LogP contribution is 2.43. The Morgan fingerprint density at radius 2 is 1.76 bits per heavy atom. The molecule has 4 rings (SSSR count). The number of carboxylic acids is 2. The van der Waals surface area contributed by atoms with Crippen LogP contribution in [0.15, 0.2) is 15.7 Å². The molecule has 0 bridgehead atoms. The SMILES string of the molecule is COc1c(N2CCC(C(=O)O)C2)c(F)cc2c(=O)n(N)c(=O)n(C3CC3)c12.O=C(O)C(F)(F)F. The minimum absolute atomic E-state index is 0.0453. The van der Waals surface area contributed by atoms with Crippen LogP contribution in [-0.2, 0) is 9.59 Å². The van der Waals surface area contributed by atoms with Gasteiger partial charge in [-0.1, -0.05) is 0 Å². The van der Waals surface area contributed by atoms with Gasteiger partial charge < -0.3 is 25.7 Å². The largest absolute Gasteiger partial charge is 0.492 e. The lowest BCUT2D eigenvalue weighted by Crippen LogP contribution is -2.44. The van der Waals surface area contributed by atoms with E-state index in [-0.39, 0.29) is 34.9 Å². The molecule has 0 spiro atoms. The van der Waals surface area contributed by atoms with E-state index in [1.54, 1.807) is 4.90 Å². The predicted octanol–water partition coefficient (Wildman–Crippen LogP) is 0.904. The van der Waals surface area contributed by atoms with Crippen LogP contribution in [0.1, 0.15) is 25.3 Å². The van der Waals surface area contributed by atoms with Crippen LogP contribution in [0.5, 0.6) is 5.75 Å². The topological polar surface area (TPSA) is 157 Å². The standard InChI is InChI=1S/C17H19FN4O5.C2HF3O2/c1-27-14-12-10(15(23)22(19)17(26)21(12)9-2-3-9)6-11(18)13(14)20-5-4-8(7-20)16(24)25;3-2(4,5)1(6)7/h6,8-9H,2-5,7,19H2,1H3,(H,24,25);(H,6,7). The number of rotatable bonds is 4. The number of fused-ring (bicyclic) bond motifs is 1. The summed E-state index contributed by atoms with van der Waals surface area (Å²) in [6.07, 6.45) is -3.22. The number of hydrogen-bond acceptors (Lipinski definition) is 7. The number of methoxy groups -OCH3 is 1. The molecule has 11 nitrogen and oxygen atoms in total. The van der Waals surface area contributed by atoms with Crippen molar-refractivity contribution < 1.29 is 42.1 Å². The fourth-order valence-electron chi connectivity index (χ4n) is 3.76. The van der Waals surface area contributed by atoms with Crippen LogP contribution in [0.3, 0.4) is 0 Å². The van der Waals surface area contributed by atoms with E-state index in [9.17, 15) is 37.1 Å². The van der Waals surface area contributed by atoms with E-state index in [0.29, 0.717) is 17.6 Å². The van der Waals surface area contributed by atoms with E-state index in [1.165, 1.54) is 11.7 Å². The molecule has 1 aliphatic carbocycles. The summed E-state index contributed by atoms with van der Waals surface area (Å²) < 4.78 is 54.0. The van der Waals surface area contributed by atoms with Crippen molar-refractivity contribution in [2.24, 2.45) is 5.92 Å². The molecule has 0 radical (unpaired) electrons. The van der Waals surface area contributed by atoms with Crippen molar-refractivity contribution >= 4 is 28.5 Å². The van der Waals surface area contributed by atoms with E-state index < -0.39 is 41.1 Å². The number of carbonyl (C=O) groups is 2. The molecule has 2 aliphatic rings. The summed E-state index contributed by atoms with van der Waals surface area (Å²) in [6, 6.07) is 0.915. The Morgan fingerprint density at radius 3 is 2.21 bits per heavy atom. The second-order valence-corrected chi connectivity index (χ2v) is 7.77. The van der Waals surface area contributed by atoms with Gasteiger partial charge in [0.2, 0.25) is 0 Å². The first-order valence-corrected chi connectivity index (χ1v) is 9.90. The van der Waals surface area contributed by atoms with Crippen molar-refractivity contribution in [3.63, 3.8) is 0 Å². The third-order valence-corrected chi connectivity index (χ3v) is 5.50. The van der Waals surface area contributed by atoms with Crippen molar-refractivity contribution in [3.05, 3.63) is 32.7 Å². The second kappa shape index (κ2) is 8.87. The Balaban J connectivity index is 0.000000406. The van der Waals surface area contributed by atoms with Crippen molar-refractivity contribution in [2.75, 3.05) is 30.9 Å².